The Bertz CT molecular complexity index is 844. The van der Waals surface area contributed by atoms with E-state index < -0.39 is 0 Å². The van der Waals surface area contributed by atoms with Crippen LogP contribution in [0.5, 0.6) is 5.75 Å². The van der Waals surface area contributed by atoms with Crippen molar-refractivity contribution < 1.29 is 9.13 Å². The van der Waals surface area contributed by atoms with Crippen molar-refractivity contribution >= 4 is 27.0 Å². The molecule has 3 rings (SSSR count). The fourth-order valence-electron chi connectivity index (χ4n) is 2.44. The summed E-state index contributed by atoms with van der Waals surface area (Å²) in [5.41, 5.74) is 3.68. The number of aromatic nitrogens is 2. The Hall–Kier alpha value is -1.88. The van der Waals surface area contributed by atoms with Crippen molar-refractivity contribution in [3.63, 3.8) is 0 Å². The van der Waals surface area contributed by atoms with Gasteiger partial charge in [0.1, 0.15) is 17.4 Å². The standard InChI is InChI=1S/C18H18BrFN2O/c1-3-4-7-23-17-10-16-15(8-11(17)2)21-18(22-16)13-6-5-12(20)9-14(13)19/h5-6,8-10H,3-4,7H2,1-2H3,(H,21,22). The van der Waals surface area contributed by atoms with Crippen molar-refractivity contribution in [2.45, 2.75) is 26.7 Å². The molecule has 120 valence electrons. The smallest absolute Gasteiger partial charge is 0.139 e. The number of H-pyrrole nitrogens is 1. The van der Waals surface area contributed by atoms with E-state index in [2.05, 4.69) is 32.8 Å². The Balaban J connectivity index is 1.98. The number of hydrogen-bond acceptors (Lipinski definition) is 2. The van der Waals surface area contributed by atoms with E-state index in [1.165, 1.54) is 12.1 Å². The highest BCUT2D eigenvalue weighted by Crippen LogP contribution is 2.31. The van der Waals surface area contributed by atoms with Crippen LogP contribution in [0, 0.1) is 12.7 Å². The van der Waals surface area contributed by atoms with Gasteiger partial charge in [-0.1, -0.05) is 13.3 Å². The predicted octanol–water partition coefficient (Wildman–Crippen LogP) is 5.62. The molecule has 1 aromatic heterocycles. The number of hydrogen-bond donors (Lipinski definition) is 1. The zero-order valence-corrected chi connectivity index (χ0v) is 14.7. The van der Waals surface area contributed by atoms with E-state index in [0.29, 0.717) is 16.9 Å². The molecule has 0 fully saturated rings. The average molecular weight is 377 g/mol. The highest BCUT2D eigenvalue weighted by molar-refractivity contribution is 9.10. The molecular weight excluding hydrogens is 359 g/mol. The Morgan fingerprint density at radius 2 is 2.09 bits per heavy atom. The molecule has 0 saturated carbocycles. The Labute approximate surface area is 143 Å². The van der Waals surface area contributed by atoms with E-state index in [9.17, 15) is 4.39 Å². The second-order valence-electron chi connectivity index (χ2n) is 5.55. The summed E-state index contributed by atoms with van der Waals surface area (Å²) in [6.45, 7) is 4.87. The van der Waals surface area contributed by atoms with Gasteiger partial charge < -0.3 is 9.72 Å². The number of ether oxygens (including phenoxy) is 1. The lowest BCUT2D eigenvalue weighted by Gasteiger charge is -2.08. The van der Waals surface area contributed by atoms with Crippen molar-refractivity contribution in [3.05, 3.63) is 46.2 Å². The molecule has 0 atom stereocenters. The van der Waals surface area contributed by atoms with Gasteiger partial charge in [-0.05, 0) is 59.1 Å². The number of fused-ring (bicyclic) bond motifs is 1. The maximum Gasteiger partial charge on any atom is 0.139 e. The van der Waals surface area contributed by atoms with Gasteiger partial charge in [0.25, 0.3) is 0 Å². The summed E-state index contributed by atoms with van der Waals surface area (Å²) in [6.07, 6.45) is 2.14. The first-order valence-electron chi connectivity index (χ1n) is 7.67. The van der Waals surface area contributed by atoms with Crippen LogP contribution in [0.3, 0.4) is 0 Å². The minimum atomic E-state index is -0.279. The lowest BCUT2D eigenvalue weighted by molar-refractivity contribution is 0.308. The maximum absolute atomic E-state index is 13.2. The Morgan fingerprint density at radius 3 is 2.83 bits per heavy atom. The van der Waals surface area contributed by atoms with Gasteiger partial charge in [0.15, 0.2) is 0 Å². The quantitative estimate of drug-likeness (QED) is 0.586. The fourth-order valence-corrected chi connectivity index (χ4v) is 2.98. The molecule has 1 heterocycles. The van der Waals surface area contributed by atoms with Gasteiger partial charge in [0, 0.05) is 16.1 Å². The summed E-state index contributed by atoms with van der Waals surface area (Å²) in [5, 5.41) is 0. The first-order chi connectivity index (χ1) is 11.1. The number of aryl methyl sites for hydroxylation is 1. The molecule has 0 spiro atoms. The van der Waals surface area contributed by atoms with E-state index in [4.69, 9.17) is 4.74 Å². The Kier molecular flexibility index (Phi) is 4.66. The molecule has 23 heavy (non-hydrogen) atoms. The Morgan fingerprint density at radius 1 is 1.26 bits per heavy atom. The third-order valence-corrected chi connectivity index (χ3v) is 4.38. The predicted molar refractivity (Wildman–Crippen MR) is 94.3 cm³/mol. The van der Waals surface area contributed by atoms with E-state index >= 15 is 0 Å². The number of unbranched alkanes of at least 4 members (excludes halogenated alkanes) is 1. The summed E-state index contributed by atoms with van der Waals surface area (Å²) in [6, 6.07) is 8.57. The molecule has 0 aliphatic heterocycles. The van der Waals surface area contributed by atoms with Gasteiger partial charge in [-0.25, -0.2) is 9.37 Å². The highest BCUT2D eigenvalue weighted by Gasteiger charge is 2.11. The van der Waals surface area contributed by atoms with Crippen LogP contribution in [0.25, 0.3) is 22.4 Å². The molecule has 3 nitrogen and oxygen atoms in total. The van der Waals surface area contributed by atoms with Gasteiger partial charge in [-0.2, -0.15) is 0 Å². The van der Waals surface area contributed by atoms with Crippen LogP contribution in [0.15, 0.2) is 34.8 Å². The first kappa shape index (κ1) is 16.0. The van der Waals surface area contributed by atoms with Gasteiger partial charge in [-0.15, -0.1) is 0 Å². The monoisotopic (exact) mass is 376 g/mol. The molecule has 5 heteroatoms. The lowest BCUT2D eigenvalue weighted by atomic mass is 10.2. The van der Waals surface area contributed by atoms with Crippen molar-refractivity contribution in [2.75, 3.05) is 6.61 Å². The third-order valence-electron chi connectivity index (χ3n) is 3.72. The molecule has 0 aliphatic carbocycles. The minimum Gasteiger partial charge on any atom is -0.493 e. The molecule has 1 N–H and O–H groups in total. The van der Waals surface area contributed by atoms with Crippen LogP contribution >= 0.6 is 15.9 Å². The highest BCUT2D eigenvalue weighted by atomic mass is 79.9. The number of halogens is 2. The van der Waals surface area contributed by atoms with Crippen molar-refractivity contribution in [1.29, 1.82) is 0 Å². The van der Waals surface area contributed by atoms with Crippen molar-refractivity contribution in [3.8, 4) is 17.1 Å². The van der Waals surface area contributed by atoms with Gasteiger partial charge >= 0.3 is 0 Å². The number of benzene rings is 2. The van der Waals surface area contributed by atoms with E-state index in [1.807, 2.05) is 19.1 Å². The topological polar surface area (TPSA) is 37.9 Å². The summed E-state index contributed by atoms with van der Waals surface area (Å²) in [4.78, 5) is 7.90. The van der Waals surface area contributed by atoms with Gasteiger partial charge in [0.05, 0.1) is 17.6 Å². The minimum absolute atomic E-state index is 0.279. The van der Waals surface area contributed by atoms with E-state index in [1.54, 1.807) is 6.07 Å². The number of aromatic amines is 1. The molecule has 2 aromatic carbocycles. The number of nitrogens with zero attached hydrogens (tertiary/aromatic N) is 1. The second kappa shape index (κ2) is 6.71. The second-order valence-corrected chi connectivity index (χ2v) is 6.40. The van der Waals surface area contributed by atoms with Crippen LogP contribution in [-0.4, -0.2) is 16.6 Å². The molecule has 0 bridgehead atoms. The first-order valence-corrected chi connectivity index (χ1v) is 8.46. The fraction of sp³-hybridized carbons (Fsp3) is 0.278. The van der Waals surface area contributed by atoms with Crippen LogP contribution in [0.4, 0.5) is 4.39 Å². The molecule has 0 radical (unpaired) electrons. The van der Waals surface area contributed by atoms with Crippen LogP contribution < -0.4 is 4.74 Å². The SMILES string of the molecule is CCCCOc1cc2nc(-c3ccc(F)cc3Br)[nH]c2cc1C. The van der Waals surface area contributed by atoms with E-state index in [-0.39, 0.29) is 5.82 Å². The molecule has 0 aliphatic rings. The summed E-state index contributed by atoms with van der Waals surface area (Å²) >= 11 is 3.39. The number of imidazole rings is 1. The van der Waals surface area contributed by atoms with Crippen LogP contribution in [0.1, 0.15) is 25.3 Å². The summed E-state index contributed by atoms with van der Waals surface area (Å²) in [5.74, 6) is 1.29. The third kappa shape index (κ3) is 3.39. The zero-order chi connectivity index (χ0) is 16.4. The average Bonchev–Trinajstić information content (AvgIpc) is 2.90. The normalized spacial score (nSPS) is 11.1. The zero-order valence-electron chi connectivity index (χ0n) is 13.1. The molecular formula is C18H18BrFN2O. The van der Waals surface area contributed by atoms with Crippen LogP contribution in [0.2, 0.25) is 0 Å². The van der Waals surface area contributed by atoms with Crippen molar-refractivity contribution in [2.24, 2.45) is 0 Å². The van der Waals surface area contributed by atoms with Gasteiger partial charge in [0.2, 0.25) is 0 Å². The largest absolute Gasteiger partial charge is 0.493 e. The lowest BCUT2D eigenvalue weighted by Crippen LogP contribution is -1.98. The number of nitrogens with one attached hydrogen (secondary N) is 1. The van der Waals surface area contributed by atoms with Gasteiger partial charge in [-0.3, -0.25) is 0 Å². The van der Waals surface area contributed by atoms with Crippen LogP contribution in [-0.2, 0) is 0 Å². The molecule has 3 aromatic rings. The summed E-state index contributed by atoms with van der Waals surface area (Å²) in [7, 11) is 0. The maximum atomic E-state index is 13.2. The van der Waals surface area contributed by atoms with Crippen molar-refractivity contribution in [1.82, 2.24) is 9.97 Å². The number of rotatable bonds is 5. The molecule has 0 unspecified atom stereocenters. The summed E-state index contributed by atoms with van der Waals surface area (Å²) < 4.78 is 19.7. The molecule has 0 amide bonds. The van der Waals surface area contributed by atoms with E-state index in [0.717, 1.165) is 40.8 Å². The molecule has 0 saturated heterocycles.